The Bertz CT molecular complexity index is 546. The molecule has 0 aromatic heterocycles. The molecular formula is C25H42. The second-order valence-electron chi connectivity index (χ2n) is 10.1. The average Bonchev–Trinajstić information content (AvgIpc) is 2.37. The van der Waals surface area contributed by atoms with E-state index in [0.29, 0.717) is 16.7 Å². The molecule has 0 aliphatic heterocycles. The molecule has 0 heterocycles. The predicted molar refractivity (Wildman–Crippen MR) is 117 cm³/mol. The van der Waals surface area contributed by atoms with E-state index in [1.165, 1.54) is 22.3 Å². The van der Waals surface area contributed by atoms with Crippen molar-refractivity contribution in [3.8, 4) is 0 Å². The summed E-state index contributed by atoms with van der Waals surface area (Å²) in [6.07, 6.45) is 13.3. The Morgan fingerprint density at radius 1 is 0.760 bits per heavy atom. The minimum Gasteiger partial charge on any atom is -0.0985 e. The van der Waals surface area contributed by atoms with Gasteiger partial charge in [0.2, 0.25) is 0 Å². The van der Waals surface area contributed by atoms with E-state index >= 15 is 0 Å². The van der Waals surface area contributed by atoms with Crippen molar-refractivity contribution in [3.05, 3.63) is 59.3 Å². The molecule has 0 saturated carbocycles. The maximum absolute atomic E-state index is 4.04. The van der Waals surface area contributed by atoms with Crippen LogP contribution in [0.2, 0.25) is 0 Å². The third-order valence-corrected chi connectivity index (χ3v) is 3.89. The Hall–Kier alpha value is -1.30. The Balaban J connectivity index is 5.56. The molecule has 0 aromatic carbocycles. The summed E-state index contributed by atoms with van der Waals surface area (Å²) >= 11 is 0. The van der Waals surface area contributed by atoms with Crippen LogP contribution in [0.5, 0.6) is 0 Å². The van der Waals surface area contributed by atoms with E-state index < -0.39 is 0 Å². The van der Waals surface area contributed by atoms with Gasteiger partial charge in [0.05, 0.1) is 0 Å². The second-order valence-corrected chi connectivity index (χ2v) is 10.1. The van der Waals surface area contributed by atoms with Crippen LogP contribution in [-0.2, 0) is 0 Å². The van der Waals surface area contributed by atoms with Crippen LogP contribution in [0.1, 0.15) is 82.1 Å². The molecule has 0 aliphatic rings. The molecule has 0 nitrogen and oxygen atoms in total. The molecular weight excluding hydrogens is 300 g/mol. The van der Waals surface area contributed by atoms with Crippen molar-refractivity contribution in [1.82, 2.24) is 0 Å². The van der Waals surface area contributed by atoms with Crippen LogP contribution < -0.4 is 0 Å². The van der Waals surface area contributed by atoms with Crippen LogP contribution in [-0.4, -0.2) is 0 Å². The van der Waals surface area contributed by atoms with E-state index in [9.17, 15) is 0 Å². The predicted octanol–water partition coefficient (Wildman–Crippen LogP) is 8.45. The van der Waals surface area contributed by atoms with Gasteiger partial charge in [-0.2, -0.15) is 0 Å². The summed E-state index contributed by atoms with van der Waals surface area (Å²) in [4.78, 5) is 0. The van der Waals surface area contributed by atoms with Crippen molar-refractivity contribution in [2.24, 2.45) is 16.7 Å². The molecule has 25 heavy (non-hydrogen) atoms. The van der Waals surface area contributed by atoms with Crippen LogP contribution in [0.15, 0.2) is 59.3 Å². The SMILES string of the molecule is C=CC(=C\C=C(/C)CC(C)(C)C)/C(=C/C=C(\C)CC(C)(C)C)C(C)C. The lowest BCUT2D eigenvalue weighted by Gasteiger charge is -2.19. The van der Waals surface area contributed by atoms with E-state index in [1.54, 1.807) is 0 Å². The topological polar surface area (TPSA) is 0 Å². The van der Waals surface area contributed by atoms with Gasteiger partial charge in [-0.25, -0.2) is 0 Å². The second kappa shape index (κ2) is 10.00. The molecule has 0 N–H and O–H groups in total. The van der Waals surface area contributed by atoms with Crippen LogP contribution in [0.3, 0.4) is 0 Å². The lowest BCUT2D eigenvalue weighted by Crippen LogP contribution is -2.05. The minimum atomic E-state index is 0.326. The first kappa shape index (κ1) is 23.7. The molecule has 0 radical (unpaired) electrons. The van der Waals surface area contributed by atoms with E-state index in [0.717, 1.165) is 12.8 Å². The lowest BCUT2D eigenvalue weighted by atomic mass is 9.87. The number of hydrogen-bond acceptors (Lipinski definition) is 0. The summed E-state index contributed by atoms with van der Waals surface area (Å²) in [5.41, 5.74) is 6.07. The lowest BCUT2D eigenvalue weighted by molar-refractivity contribution is 0.409. The summed E-state index contributed by atoms with van der Waals surface area (Å²) < 4.78 is 0. The van der Waals surface area contributed by atoms with Gasteiger partial charge in [0.1, 0.15) is 0 Å². The molecule has 0 fully saturated rings. The molecule has 0 aromatic rings. The Labute approximate surface area is 158 Å². The first-order valence-electron chi connectivity index (χ1n) is 9.63. The standard InChI is InChI=1S/C25H42/c1-12-22(15-13-20(4)17-24(6,7)8)23(19(2)3)16-14-21(5)18-25(9,10)11/h12-16,19H,1,17-18H2,2-11H3/b20-13+,21-14+,22-15+,23-16+. The maximum Gasteiger partial charge on any atom is -0.0213 e. The quantitative estimate of drug-likeness (QED) is 0.407. The van der Waals surface area contributed by atoms with Crippen molar-refractivity contribution >= 4 is 0 Å². The minimum absolute atomic E-state index is 0.326. The average molecular weight is 343 g/mol. The fourth-order valence-electron chi connectivity index (χ4n) is 3.16. The highest BCUT2D eigenvalue weighted by atomic mass is 14.2. The van der Waals surface area contributed by atoms with Gasteiger partial charge < -0.3 is 0 Å². The largest absolute Gasteiger partial charge is 0.0985 e. The third kappa shape index (κ3) is 11.8. The fraction of sp³-hybridized carbons (Fsp3) is 0.600. The van der Waals surface area contributed by atoms with Crippen molar-refractivity contribution < 1.29 is 0 Å². The van der Waals surface area contributed by atoms with Crippen LogP contribution in [0, 0.1) is 16.7 Å². The van der Waals surface area contributed by atoms with Gasteiger partial charge in [0.15, 0.2) is 0 Å². The summed E-state index contributed by atoms with van der Waals surface area (Å²) in [7, 11) is 0. The van der Waals surface area contributed by atoms with Gasteiger partial charge in [0, 0.05) is 0 Å². The molecule has 0 spiro atoms. The van der Waals surface area contributed by atoms with Gasteiger partial charge in [-0.15, -0.1) is 0 Å². The van der Waals surface area contributed by atoms with Crippen molar-refractivity contribution in [2.75, 3.05) is 0 Å². The Morgan fingerprint density at radius 3 is 1.48 bits per heavy atom. The van der Waals surface area contributed by atoms with Gasteiger partial charge in [-0.05, 0) is 54.6 Å². The molecule has 0 bridgehead atoms. The zero-order chi connectivity index (χ0) is 19.8. The van der Waals surface area contributed by atoms with Crippen molar-refractivity contribution in [2.45, 2.75) is 82.1 Å². The normalized spacial score (nSPS) is 15.8. The van der Waals surface area contributed by atoms with E-state index in [2.05, 4.69) is 100 Å². The van der Waals surface area contributed by atoms with Gasteiger partial charge in [-0.1, -0.05) is 103 Å². The molecule has 142 valence electrons. The third-order valence-electron chi connectivity index (χ3n) is 3.89. The molecule has 0 amide bonds. The van der Waals surface area contributed by atoms with Crippen molar-refractivity contribution in [1.29, 1.82) is 0 Å². The van der Waals surface area contributed by atoms with Gasteiger partial charge in [0.25, 0.3) is 0 Å². The number of rotatable bonds is 7. The van der Waals surface area contributed by atoms with E-state index in [4.69, 9.17) is 0 Å². The summed E-state index contributed by atoms with van der Waals surface area (Å²) in [6, 6.07) is 0. The maximum atomic E-state index is 4.04. The van der Waals surface area contributed by atoms with E-state index in [-0.39, 0.29) is 0 Å². The molecule has 0 unspecified atom stereocenters. The Kier molecular flexibility index (Phi) is 9.48. The van der Waals surface area contributed by atoms with Gasteiger partial charge in [-0.3, -0.25) is 0 Å². The number of hydrogen-bond donors (Lipinski definition) is 0. The monoisotopic (exact) mass is 342 g/mol. The first-order valence-corrected chi connectivity index (χ1v) is 9.63. The fourth-order valence-corrected chi connectivity index (χ4v) is 3.16. The first-order chi connectivity index (χ1) is 11.2. The smallest absolute Gasteiger partial charge is 0.0213 e. The van der Waals surface area contributed by atoms with E-state index in [1.807, 2.05) is 6.08 Å². The van der Waals surface area contributed by atoms with Crippen LogP contribution in [0.4, 0.5) is 0 Å². The van der Waals surface area contributed by atoms with Gasteiger partial charge >= 0.3 is 0 Å². The highest BCUT2D eigenvalue weighted by Crippen LogP contribution is 2.27. The van der Waals surface area contributed by atoms with Crippen molar-refractivity contribution in [3.63, 3.8) is 0 Å². The zero-order valence-corrected chi connectivity index (χ0v) is 18.6. The summed E-state index contributed by atoms with van der Waals surface area (Å²) in [5.74, 6) is 0.472. The highest BCUT2D eigenvalue weighted by molar-refractivity contribution is 5.44. The highest BCUT2D eigenvalue weighted by Gasteiger charge is 2.12. The Morgan fingerprint density at radius 2 is 1.16 bits per heavy atom. The molecule has 0 atom stereocenters. The zero-order valence-electron chi connectivity index (χ0n) is 18.6. The number of allylic oxidation sites excluding steroid dienone is 9. The summed E-state index contributed by atoms with van der Waals surface area (Å²) in [5, 5.41) is 0. The molecule has 0 heteroatoms. The molecule has 0 rings (SSSR count). The molecule has 0 saturated heterocycles. The summed E-state index contributed by atoms with van der Waals surface area (Å²) in [6.45, 7) is 26.7. The molecule has 0 aliphatic carbocycles. The van der Waals surface area contributed by atoms with Crippen LogP contribution in [0.25, 0.3) is 0 Å². The van der Waals surface area contributed by atoms with Crippen LogP contribution >= 0.6 is 0 Å².